The van der Waals surface area contributed by atoms with E-state index in [0.717, 1.165) is 0 Å². The van der Waals surface area contributed by atoms with Crippen molar-refractivity contribution in [2.45, 2.75) is 6.92 Å². The zero-order chi connectivity index (χ0) is 18.8. The topological polar surface area (TPSA) is 99.4 Å². The Labute approximate surface area is 149 Å². The minimum absolute atomic E-state index is 0.00669. The summed E-state index contributed by atoms with van der Waals surface area (Å²) in [4.78, 5) is 29.4. The molecule has 0 spiro atoms. The van der Waals surface area contributed by atoms with E-state index < -0.39 is 5.97 Å². The summed E-state index contributed by atoms with van der Waals surface area (Å²) in [5.74, 6) is -0.567. The minimum atomic E-state index is -1.03. The highest BCUT2D eigenvalue weighted by Crippen LogP contribution is 2.29. The van der Waals surface area contributed by atoms with Gasteiger partial charge in [0, 0.05) is 0 Å². The number of carbonyl (C=O) groups excluding carboxylic acids is 1. The number of benzene rings is 2. The molecule has 132 valence electrons. The number of amidine groups is 1. The first-order valence-electron chi connectivity index (χ1n) is 7.72. The number of hydrogen-bond acceptors (Lipinski definition) is 5. The van der Waals surface area contributed by atoms with Crippen molar-refractivity contribution in [3.05, 3.63) is 59.3 Å². The predicted octanol–water partition coefficient (Wildman–Crippen LogP) is 2.91. The van der Waals surface area contributed by atoms with Crippen molar-refractivity contribution < 1.29 is 24.5 Å². The van der Waals surface area contributed by atoms with Gasteiger partial charge >= 0.3 is 5.97 Å². The van der Waals surface area contributed by atoms with E-state index in [-0.39, 0.29) is 22.9 Å². The maximum Gasteiger partial charge on any atom is 0.335 e. The fourth-order valence-corrected chi connectivity index (χ4v) is 2.63. The normalized spacial score (nSPS) is 15.3. The van der Waals surface area contributed by atoms with Gasteiger partial charge in [0.2, 0.25) is 0 Å². The Hall–Kier alpha value is -3.61. The number of phenols is 1. The van der Waals surface area contributed by atoms with Crippen LogP contribution in [0.25, 0.3) is 6.08 Å². The molecule has 1 aliphatic heterocycles. The molecule has 2 aromatic rings. The first-order chi connectivity index (χ1) is 12.4. The summed E-state index contributed by atoms with van der Waals surface area (Å²) < 4.78 is 5.06. The fourth-order valence-electron chi connectivity index (χ4n) is 2.63. The molecular formula is C19H16N2O5. The highest BCUT2D eigenvalue weighted by molar-refractivity contribution is 6.28. The van der Waals surface area contributed by atoms with Gasteiger partial charge in [-0.05, 0) is 55.0 Å². The quantitative estimate of drug-likeness (QED) is 0.824. The van der Waals surface area contributed by atoms with Gasteiger partial charge in [0.25, 0.3) is 5.91 Å². The Morgan fingerprint density at radius 1 is 1.19 bits per heavy atom. The Balaban J connectivity index is 1.91. The molecule has 0 aromatic heterocycles. The van der Waals surface area contributed by atoms with Gasteiger partial charge in [-0.25, -0.2) is 9.79 Å². The fraction of sp³-hybridized carbons (Fsp3) is 0.105. The van der Waals surface area contributed by atoms with Crippen molar-refractivity contribution in [3.63, 3.8) is 0 Å². The standard InChI is InChI=1S/C19H16N2O5/c1-11-20-15(9-12-3-8-16(22)17(10-12)26-2)18(23)21(11)14-6-4-13(5-7-14)19(24)25/h3-10,22H,1-2H3,(H,24,25)/b15-9+. The molecule has 0 fully saturated rings. The van der Waals surface area contributed by atoms with Gasteiger partial charge in [-0.1, -0.05) is 6.07 Å². The molecule has 0 saturated carbocycles. The van der Waals surface area contributed by atoms with Gasteiger partial charge in [0.15, 0.2) is 11.5 Å². The minimum Gasteiger partial charge on any atom is -0.504 e. The number of methoxy groups -OCH3 is 1. The smallest absolute Gasteiger partial charge is 0.335 e. The van der Waals surface area contributed by atoms with Crippen molar-refractivity contribution in [2.75, 3.05) is 12.0 Å². The van der Waals surface area contributed by atoms with E-state index in [9.17, 15) is 14.7 Å². The second kappa shape index (κ2) is 6.72. The second-order valence-electron chi connectivity index (χ2n) is 5.61. The zero-order valence-electron chi connectivity index (χ0n) is 14.1. The molecule has 0 bridgehead atoms. The number of rotatable bonds is 4. The van der Waals surface area contributed by atoms with Crippen LogP contribution in [-0.2, 0) is 4.79 Å². The third-order valence-corrected chi connectivity index (χ3v) is 3.91. The van der Waals surface area contributed by atoms with E-state index >= 15 is 0 Å². The van der Waals surface area contributed by atoms with Crippen LogP contribution >= 0.6 is 0 Å². The first-order valence-corrected chi connectivity index (χ1v) is 7.72. The summed E-state index contributed by atoms with van der Waals surface area (Å²) in [5.41, 5.74) is 1.56. The van der Waals surface area contributed by atoms with E-state index in [1.54, 1.807) is 37.3 Å². The molecule has 0 radical (unpaired) electrons. The molecule has 2 aromatic carbocycles. The van der Waals surface area contributed by atoms with Crippen LogP contribution in [0.1, 0.15) is 22.8 Å². The molecule has 3 rings (SSSR count). The second-order valence-corrected chi connectivity index (χ2v) is 5.61. The van der Waals surface area contributed by atoms with Crippen molar-refractivity contribution in [1.29, 1.82) is 0 Å². The number of aromatic hydroxyl groups is 1. The Morgan fingerprint density at radius 2 is 1.88 bits per heavy atom. The molecule has 0 saturated heterocycles. The predicted molar refractivity (Wildman–Crippen MR) is 96.6 cm³/mol. The maximum atomic E-state index is 12.7. The molecule has 26 heavy (non-hydrogen) atoms. The van der Waals surface area contributed by atoms with Gasteiger partial charge in [-0.2, -0.15) is 0 Å². The number of hydrogen-bond donors (Lipinski definition) is 2. The molecule has 7 heteroatoms. The highest BCUT2D eigenvalue weighted by atomic mass is 16.5. The van der Waals surface area contributed by atoms with E-state index in [4.69, 9.17) is 9.84 Å². The monoisotopic (exact) mass is 352 g/mol. The zero-order valence-corrected chi connectivity index (χ0v) is 14.1. The molecule has 1 amide bonds. The van der Waals surface area contributed by atoms with E-state index in [1.807, 2.05) is 0 Å². The lowest BCUT2D eigenvalue weighted by Gasteiger charge is -2.16. The number of aliphatic imine (C=N–C) groups is 1. The van der Waals surface area contributed by atoms with Crippen LogP contribution in [0, 0.1) is 0 Å². The molecule has 0 unspecified atom stereocenters. The molecule has 7 nitrogen and oxygen atoms in total. The van der Waals surface area contributed by atoms with Crippen molar-refractivity contribution in [2.24, 2.45) is 4.99 Å². The van der Waals surface area contributed by atoms with Crippen LogP contribution in [0.3, 0.4) is 0 Å². The molecular weight excluding hydrogens is 336 g/mol. The number of amides is 1. The van der Waals surface area contributed by atoms with E-state index in [0.29, 0.717) is 22.8 Å². The van der Waals surface area contributed by atoms with Crippen molar-refractivity contribution >= 4 is 29.5 Å². The SMILES string of the molecule is COc1cc(/C=C2/N=C(C)N(c3ccc(C(=O)O)cc3)C2=O)ccc1O. The van der Waals surface area contributed by atoms with Gasteiger partial charge in [-0.3, -0.25) is 9.69 Å². The van der Waals surface area contributed by atoms with Crippen LogP contribution in [-0.4, -0.2) is 35.0 Å². The van der Waals surface area contributed by atoms with Gasteiger partial charge in [-0.15, -0.1) is 0 Å². The van der Waals surface area contributed by atoms with Crippen LogP contribution in [0.4, 0.5) is 5.69 Å². The number of aromatic carboxylic acids is 1. The van der Waals surface area contributed by atoms with Crippen LogP contribution in [0.2, 0.25) is 0 Å². The summed E-state index contributed by atoms with van der Waals surface area (Å²) >= 11 is 0. The number of nitrogens with zero attached hydrogens (tertiary/aromatic N) is 2. The third-order valence-electron chi connectivity index (χ3n) is 3.91. The maximum absolute atomic E-state index is 12.7. The number of carbonyl (C=O) groups is 2. The molecule has 2 N–H and O–H groups in total. The van der Waals surface area contributed by atoms with E-state index in [2.05, 4.69) is 4.99 Å². The van der Waals surface area contributed by atoms with Gasteiger partial charge in [0.05, 0.1) is 18.4 Å². The summed E-state index contributed by atoms with van der Waals surface area (Å²) in [6.07, 6.45) is 1.60. The number of carboxylic acids is 1. The highest BCUT2D eigenvalue weighted by Gasteiger charge is 2.29. The summed E-state index contributed by atoms with van der Waals surface area (Å²) in [5, 5.41) is 18.6. The van der Waals surface area contributed by atoms with Crippen LogP contribution in [0.5, 0.6) is 11.5 Å². The average molecular weight is 352 g/mol. The lowest BCUT2D eigenvalue weighted by Crippen LogP contribution is -2.30. The lowest BCUT2D eigenvalue weighted by atomic mass is 10.1. The first kappa shape index (κ1) is 17.2. The Bertz CT molecular complexity index is 945. The van der Waals surface area contributed by atoms with Crippen molar-refractivity contribution in [1.82, 2.24) is 0 Å². The van der Waals surface area contributed by atoms with E-state index in [1.165, 1.54) is 30.2 Å². The molecule has 0 atom stereocenters. The molecule has 1 heterocycles. The van der Waals surface area contributed by atoms with Crippen LogP contribution < -0.4 is 9.64 Å². The van der Waals surface area contributed by atoms with Gasteiger partial charge < -0.3 is 14.9 Å². The molecule has 1 aliphatic rings. The largest absolute Gasteiger partial charge is 0.504 e. The number of ether oxygens (including phenoxy) is 1. The Kier molecular flexibility index (Phi) is 4.45. The van der Waals surface area contributed by atoms with Crippen LogP contribution in [0.15, 0.2) is 53.2 Å². The third kappa shape index (κ3) is 3.14. The summed E-state index contributed by atoms with van der Waals surface area (Å²) in [6, 6.07) is 10.7. The molecule has 0 aliphatic carbocycles. The average Bonchev–Trinajstić information content (AvgIpc) is 2.90. The number of anilines is 1. The summed E-state index contributed by atoms with van der Waals surface area (Å²) in [6.45, 7) is 1.70. The van der Waals surface area contributed by atoms with Crippen molar-refractivity contribution in [3.8, 4) is 11.5 Å². The lowest BCUT2D eigenvalue weighted by molar-refractivity contribution is -0.113. The summed E-state index contributed by atoms with van der Waals surface area (Å²) in [7, 11) is 1.44. The number of carboxylic acid groups (broad SMARTS) is 1. The number of phenolic OH excluding ortho intramolecular Hbond substituents is 1. The van der Waals surface area contributed by atoms with Gasteiger partial charge in [0.1, 0.15) is 11.5 Å². The Morgan fingerprint density at radius 3 is 2.50 bits per heavy atom.